The van der Waals surface area contributed by atoms with Gasteiger partial charge in [-0.1, -0.05) is 0 Å². The Hall–Kier alpha value is -0.950. The van der Waals surface area contributed by atoms with E-state index in [1.165, 1.54) is 6.33 Å². The lowest BCUT2D eigenvalue weighted by atomic mass is 10.3. The standard InChI is InChI=1S/C8H14N4O2S/c13-15(14,7-3-4-7)11-5-1-2-8-9-6-10-12-8/h6-7,11H,1-5H2,(H,9,10,12). The Morgan fingerprint density at radius 2 is 2.33 bits per heavy atom. The van der Waals surface area contributed by atoms with Crippen molar-refractivity contribution in [2.75, 3.05) is 6.54 Å². The van der Waals surface area contributed by atoms with Crippen LogP contribution in [0.3, 0.4) is 0 Å². The van der Waals surface area contributed by atoms with Crippen molar-refractivity contribution >= 4 is 10.0 Å². The van der Waals surface area contributed by atoms with E-state index in [-0.39, 0.29) is 5.25 Å². The highest BCUT2D eigenvalue weighted by Crippen LogP contribution is 2.27. The smallest absolute Gasteiger partial charge is 0.214 e. The van der Waals surface area contributed by atoms with Crippen molar-refractivity contribution in [3.63, 3.8) is 0 Å². The van der Waals surface area contributed by atoms with Crippen LogP contribution in [0.5, 0.6) is 0 Å². The Bertz CT molecular complexity index is 396. The second-order valence-corrected chi connectivity index (χ2v) is 5.72. The number of aromatic nitrogens is 3. The van der Waals surface area contributed by atoms with Gasteiger partial charge in [0.05, 0.1) is 5.25 Å². The Labute approximate surface area is 88.5 Å². The summed E-state index contributed by atoms with van der Waals surface area (Å²) in [6.07, 6.45) is 4.51. The molecule has 1 aliphatic carbocycles. The highest BCUT2D eigenvalue weighted by atomic mass is 32.2. The van der Waals surface area contributed by atoms with Crippen molar-refractivity contribution < 1.29 is 8.42 Å². The zero-order valence-corrected chi connectivity index (χ0v) is 9.13. The van der Waals surface area contributed by atoms with Crippen molar-refractivity contribution in [1.82, 2.24) is 19.9 Å². The van der Waals surface area contributed by atoms with Gasteiger partial charge < -0.3 is 0 Å². The maximum atomic E-state index is 11.4. The van der Waals surface area contributed by atoms with Gasteiger partial charge in [0.2, 0.25) is 10.0 Å². The number of aromatic amines is 1. The second-order valence-electron chi connectivity index (χ2n) is 3.67. The van der Waals surface area contributed by atoms with Crippen LogP contribution in [-0.4, -0.2) is 35.4 Å². The molecule has 7 heteroatoms. The van der Waals surface area contributed by atoms with Crippen LogP contribution in [0.4, 0.5) is 0 Å². The molecule has 6 nitrogen and oxygen atoms in total. The van der Waals surface area contributed by atoms with Crippen molar-refractivity contribution in [2.45, 2.75) is 30.9 Å². The van der Waals surface area contributed by atoms with Crippen LogP contribution < -0.4 is 4.72 Å². The number of rotatable bonds is 6. The summed E-state index contributed by atoms with van der Waals surface area (Å²) in [5.41, 5.74) is 0. The van der Waals surface area contributed by atoms with Crippen LogP contribution in [0.15, 0.2) is 6.33 Å². The van der Waals surface area contributed by atoms with Crippen molar-refractivity contribution in [3.05, 3.63) is 12.2 Å². The van der Waals surface area contributed by atoms with E-state index in [9.17, 15) is 8.42 Å². The second kappa shape index (κ2) is 4.28. The largest absolute Gasteiger partial charge is 0.263 e. The molecule has 1 aromatic rings. The summed E-state index contributed by atoms with van der Waals surface area (Å²) in [7, 11) is -3.02. The first-order valence-corrected chi connectivity index (χ1v) is 6.56. The third-order valence-corrected chi connectivity index (χ3v) is 4.28. The number of aryl methyl sites for hydroxylation is 1. The number of nitrogens with zero attached hydrogens (tertiary/aromatic N) is 2. The van der Waals surface area contributed by atoms with Crippen LogP contribution >= 0.6 is 0 Å². The number of sulfonamides is 1. The van der Waals surface area contributed by atoms with E-state index in [0.717, 1.165) is 25.1 Å². The summed E-state index contributed by atoms with van der Waals surface area (Å²) < 4.78 is 25.4. The van der Waals surface area contributed by atoms with Crippen molar-refractivity contribution in [2.24, 2.45) is 0 Å². The summed E-state index contributed by atoms with van der Waals surface area (Å²) >= 11 is 0. The van der Waals surface area contributed by atoms with Gasteiger partial charge in [0.1, 0.15) is 12.2 Å². The van der Waals surface area contributed by atoms with E-state index in [0.29, 0.717) is 13.0 Å². The van der Waals surface area contributed by atoms with Crippen molar-refractivity contribution in [1.29, 1.82) is 0 Å². The highest BCUT2D eigenvalue weighted by Gasteiger charge is 2.34. The van der Waals surface area contributed by atoms with Gasteiger partial charge in [-0.15, -0.1) is 0 Å². The molecule has 0 atom stereocenters. The topological polar surface area (TPSA) is 87.7 Å². The molecule has 1 aliphatic rings. The van der Waals surface area contributed by atoms with Crippen LogP contribution in [0, 0.1) is 0 Å². The van der Waals surface area contributed by atoms with Crippen molar-refractivity contribution in [3.8, 4) is 0 Å². The van der Waals surface area contributed by atoms with E-state index in [4.69, 9.17) is 0 Å². The molecule has 1 fully saturated rings. The fraction of sp³-hybridized carbons (Fsp3) is 0.750. The number of H-pyrrole nitrogens is 1. The van der Waals surface area contributed by atoms with Gasteiger partial charge in [0.25, 0.3) is 0 Å². The lowest BCUT2D eigenvalue weighted by Gasteiger charge is -2.03. The Balaban J connectivity index is 1.67. The minimum atomic E-state index is -3.02. The summed E-state index contributed by atoms with van der Waals surface area (Å²) in [6.45, 7) is 0.472. The summed E-state index contributed by atoms with van der Waals surface area (Å²) in [5.74, 6) is 0.792. The first-order valence-electron chi connectivity index (χ1n) is 5.01. The molecular formula is C8H14N4O2S. The van der Waals surface area contributed by atoms with Gasteiger partial charge in [0, 0.05) is 13.0 Å². The highest BCUT2D eigenvalue weighted by molar-refractivity contribution is 7.90. The first kappa shape index (κ1) is 10.6. The minimum absolute atomic E-state index is 0.136. The lowest BCUT2D eigenvalue weighted by Crippen LogP contribution is -2.28. The fourth-order valence-corrected chi connectivity index (χ4v) is 2.74. The molecule has 2 N–H and O–H groups in total. The predicted molar refractivity (Wildman–Crippen MR) is 54.6 cm³/mol. The maximum Gasteiger partial charge on any atom is 0.214 e. The third kappa shape index (κ3) is 3.00. The summed E-state index contributed by atoms with van der Waals surface area (Å²) in [6, 6.07) is 0. The van der Waals surface area contributed by atoms with Crippen LogP contribution in [0.1, 0.15) is 25.1 Å². The lowest BCUT2D eigenvalue weighted by molar-refractivity contribution is 0.577. The Kier molecular flexibility index (Phi) is 3.01. The number of hydrogen-bond donors (Lipinski definition) is 2. The average molecular weight is 230 g/mol. The molecule has 1 heterocycles. The van der Waals surface area contributed by atoms with E-state index < -0.39 is 10.0 Å². The summed E-state index contributed by atoms with van der Waals surface area (Å²) in [4.78, 5) is 3.95. The van der Waals surface area contributed by atoms with Gasteiger partial charge in [-0.05, 0) is 19.3 Å². The quantitative estimate of drug-likeness (QED) is 0.663. The van der Waals surface area contributed by atoms with Crippen LogP contribution in [-0.2, 0) is 16.4 Å². The molecule has 84 valence electrons. The third-order valence-electron chi connectivity index (χ3n) is 2.32. The minimum Gasteiger partial charge on any atom is -0.263 e. The molecule has 2 rings (SSSR count). The Morgan fingerprint density at radius 1 is 1.53 bits per heavy atom. The molecular weight excluding hydrogens is 216 g/mol. The average Bonchev–Trinajstić information content (AvgIpc) is 2.94. The van der Waals surface area contributed by atoms with E-state index >= 15 is 0 Å². The summed E-state index contributed by atoms with van der Waals surface area (Å²) in [5, 5.41) is 6.31. The Morgan fingerprint density at radius 3 is 2.93 bits per heavy atom. The number of hydrogen-bond acceptors (Lipinski definition) is 4. The first-order chi connectivity index (χ1) is 7.18. The predicted octanol–water partition coefficient (Wildman–Crippen LogP) is -0.181. The molecule has 1 saturated carbocycles. The van der Waals surface area contributed by atoms with Gasteiger partial charge in [-0.3, -0.25) is 5.10 Å². The van der Waals surface area contributed by atoms with Crippen LogP contribution in [0.25, 0.3) is 0 Å². The molecule has 0 unspecified atom stereocenters. The SMILES string of the molecule is O=S(=O)(NCCCc1ncn[nH]1)C1CC1. The zero-order chi connectivity index (χ0) is 10.7. The normalized spacial score (nSPS) is 16.8. The monoisotopic (exact) mass is 230 g/mol. The molecule has 0 aliphatic heterocycles. The molecule has 1 aromatic heterocycles. The van der Waals surface area contributed by atoms with Gasteiger partial charge in [-0.2, -0.15) is 5.10 Å². The van der Waals surface area contributed by atoms with Gasteiger partial charge in [-0.25, -0.2) is 18.1 Å². The molecule has 0 spiro atoms. The number of nitrogens with one attached hydrogen (secondary N) is 2. The van der Waals surface area contributed by atoms with E-state index in [1.54, 1.807) is 0 Å². The van der Waals surface area contributed by atoms with Gasteiger partial charge in [0.15, 0.2) is 0 Å². The molecule has 0 bridgehead atoms. The maximum absolute atomic E-state index is 11.4. The van der Waals surface area contributed by atoms with E-state index in [1.807, 2.05) is 0 Å². The molecule has 0 saturated heterocycles. The fourth-order valence-electron chi connectivity index (χ4n) is 1.32. The van der Waals surface area contributed by atoms with Crippen LogP contribution in [0.2, 0.25) is 0 Å². The zero-order valence-electron chi connectivity index (χ0n) is 8.31. The molecule has 15 heavy (non-hydrogen) atoms. The molecule has 0 aromatic carbocycles. The molecule has 0 radical (unpaired) electrons. The van der Waals surface area contributed by atoms with Gasteiger partial charge >= 0.3 is 0 Å². The van der Waals surface area contributed by atoms with E-state index in [2.05, 4.69) is 19.9 Å². The molecule has 0 amide bonds.